The molecule has 3 saturated carbocycles. The van der Waals surface area contributed by atoms with Gasteiger partial charge in [-0.15, -0.1) is 0 Å². The normalized spacial score (nSPS) is 55.6. The number of nitrogens with two attached hydrogens (primary N) is 1. The summed E-state index contributed by atoms with van der Waals surface area (Å²) < 4.78 is 0. The van der Waals surface area contributed by atoms with Crippen molar-refractivity contribution < 1.29 is 15.0 Å². The van der Waals surface area contributed by atoms with Crippen LogP contribution in [0.25, 0.3) is 0 Å². The first-order valence-electron chi connectivity index (χ1n) is 6.06. The van der Waals surface area contributed by atoms with Gasteiger partial charge in [-0.2, -0.15) is 0 Å². The number of aliphatic hydroxyl groups is 1. The van der Waals surface area contributed by atoms with Crippen molar-refractivity contribution in [1.82, 2.24) is 0 Å². The van der Waals surface area contributed by atoms with Crippen molar-refractivity contribution in [3.63, 3.8) is 0 Å². The number of hydrogen-bond acceptors (Lipinski definition) is 3. The number of rotatable bonds is 2. The van der Waals surface area contributed by atoms with Gasteiger partial charge in [0.05, 0.1) is 5.60 Å². The van der Waals surface area contributed by atoms with Crippen molar-refractivity contribution in [2.75, 3.05) is 0 Å². The molecule has 0 bridgehead atoms. The van der Waals surface area contributed by atoms with Gasteiger partial charge in [0.25, 0.3) is 0 Å². The van der Waals surface area contributed by atoms with Crippen LogP contribution in [0.1, 0.15) is 32.6 Å². The molecule has 4 nitrogen and oxygen atoms in total. The van der Waals surface area contributed by atoms with Crippen molar-refractivity contribution in [1.29, 1.82) is 0 Å². The van der Waals surface area contributed by atoms with E-state index >= 15 is 0 Å². The Morgan fingerprint density at radius 1 is 1.44 bits per heavy atom. The highest BCUT2D eigenvalue weighted by atomic mass is 16.4. The van der Waals surface area contributed by atoms with Crippen LogP contribution >= 0.6 is 0 Å². The van der Waals surface area contributed by atoms with Gasteiger partial charge in [-0.05, 0) is 48.9 Å². The van der Waals surface area contributed by atoms with Crippen molar-refractivity contribution >= 4 is 5.97 Å². The minimum absolute atomic E-state index is 0.437. The third kappa shape index (κ3) is 1.09. The van der Waals surface area contributed by atoms with E-state index < -0.39 is 23.0 Å². The van der Waals surface area contributed by atoms with E-state index in [1.54, 1.807) is 0 Å². The standard InChI is InChI=1S/C12H19NO3/c1-11(9(13)10(14)15)3-6-2-7-4-12(16,5-11)8(6)7/h6-9,16H,2-5,13H2,1H3,(H,14,15)/t6?,7?,8?,9-,11?,12?/m1/s1. The Bertz CT molecular complexity index is 358. The lowest BCUT2D eigenvalue weighted by molar-refractivity contribution is -0.270. The van der Waals surface area contributed by atoms with Crippen molar-refractivity contribution in [2.24, 2.45) is 28.9 Å². The quantitative estimate of drug-likeness (QED) is 0.642. The van der Waals surface area contributed by atoms with E-state index in [0.717, 1.165) is 19.3 Å². The number of carboxylic acid groups (broad SMARTS) is 1. The first kappa shape index (κ1) is 10.5. The summed E-state index contributed by atoms with van der Waals surface area (Å²) in [6, 6.07) is -0.850. The summed E-state index contributed by atoms with van der Waals surface area (Å²) in [5.74, 6) is 0.717. The molecule has 4 heteroatoms. The molecule has 0 saturated heterocycles. The summed E-state index contributed by atoms with van der Waals surface area (Å²) in [4.78, 5) is 11.0. The summed E-state index contributed by atoms with van der Waals surface area (Å²) in [6.07, 6.45) is 3.44. The van der Waals surface area contributed by atoms with Crippen LogP contribution in [0.4, 0.5) is 0 Å². The van der Waals surface area contributed by atoms with Crippen molar-refractivity contribution in [2.45, 2.75) is 44.2 Å². The van der Waals surface area contributed by atoms with Gasteiger partial charge in [-0.1, -0.05) is 6.92 Å². The summed E-state index contributed by atoms with van der Waals surface area (Å²) in [5.41, 5.74) is 4.74. The summed E-state index contributed by atoms with van der Waals surface area (Å²) in [5, 5.41) is 19.5. The zero-order valence-corrected chi connectivity index (χ0v) is 9.52. The third-order valence-corrected chi connectivity index (χ3v) is 5.31. The molecule has 0 spiro atoms. The predicted molar refractivity (Wildman–Crippen MR) is 57.6 cm³/mol. The molecule has 0 aromatic heterocycles. The molecule has 0 amide bonds. The second-order valence-corrected chi connectivity index (χ2v) is 6.44. The van der Waals surface area contributed by atoms with E-state index in [1.165, 1.54) is 0 Å². The molecule has 3 fully saturated rings. The van der Waals surface area contributed by atoms with Crippen LogP contribution in [-0.4, -0.2) is 27.8 Å². The van der Waals surface area contributed by atoms with Crippen LogP contribution in [-0.2, 0) is 4.79 Å². The van der Waals surface area contributed by atoms with E-state index in [0.29, 0.717) is 24.2 Å². The molecule has 0 radical (unpaired) electrons. The first-order valence-corrected chi connectivity index (χ1v) is 6.06. The van der Waals surface area contributed by atoms with E-state index in [-0.39, 0.29) is 0 Å². The fraction of sp³-hybridized carbons (Fsp3) is 0.917. The molecule has 6 atom stereocenters. The fourth-order valence-electron chi connectivity index (χ4n) is 4.69. The Morgan fingerprint density at radius 3 is 2.56 bits per heavy atom. The Kier molecular flexibility index (Phi) is 1.84. The summed E-state index contributed by atoms with van der Waals surface area (Å²) in [7, 11) is 0. The van der Waals surface area contributed by atoms with Crippen molar-refractivity contribution in [3.8, 4) is 0 Å². The second kappa shape index (κ2) is 2.79. The molecule has 0 heterocycles. The Balaban J connectivity index is 1.85. The fourth-order valence-corrected chi connectivity index (χ4v) is 4.69. The molecule has 16 heavy (non-hydrogen) atoms. The Hall–Kier alpha value is -0.610. The highest BCUT2D eigenvalue weighted by Gasteiger charge is 2.68. The largest absolute Gasteiger partial charge is 0.480 e. The molecule has 0 aromatic carbocycles. The highest BCUT2D eigenvalue weighted by molar-refractivity contribution is 5.74. The zero-order chi connectivity index (χ0) is 11.7. The van der Waals surface area contributed by atoms with Crippen molar-refractivity contribution in [3.05, 3.63) is 0 Å². The summed E-state index contributed by atoms with van der Waals surface area (Å²) in [6.45, 7) is 1.92. The van der Waals surface area contributed by atoms with Gasteiger partial charge in [0.15, 0.2) is 0 Å². The molecule has 4 N–H and O–H groups in total. The topological polar surface area (TPSA) is 83.6 Å². The second-order valence-electron chi connectivity index (χ2n) is 6.44. The molecule has 3 aliphatic rings. The van der Waals surface area contributed by atoms with Gasteiger partial charge in [-0.3, -0.25) is 4.79 Å². The molecule has 5 unspecified atom stereocenters. The lowest BCUT2D eigenvalue weighted by Gasteiger charge is -2.70. The SMILES string of the molecule is CC1([C@H](N)C(=O)O)CC2CC3CC(O)(C1)C32. The minimum Gasteiger partial charge on any atom is -0.480 e. The predicted octanol–water partition coefficient (Wildman–Crippen LogP) is 0.585. The van der Waals surface area contributed by atoms with Crippen LogP contribution < -0.4 is 5.73 Å². The smallest absolute Gasteiger partial charge is 0.321 e. The average Bonchev–Trinajstić information content (AvgIpc) is 2.10. The summed E-state index contributed by atoms with van der Waals surface area (Å²) >= 11 is 0. The van der Waals surface area contributed by atoms with Gasteiger partial charge in [0.1, 0.15) is 6.04 Å². The third-order valence-electron chi connectivity index (χ3n) is 5.31. The van der Waals surface area contributed by atoms with E-state index in [4.69, 9.17) is 10.8 Å². The number of hydrogen-bond donors (Lipinski definition) is 3. The van der Waals surface area contributed by atoms with Crippen LogP contribution in [0.15, 0.2) is 0 Å². The Labute approximate surface area is 94.8 Å². The lowest BCUT2D eigenvalue weighted by atomic mass is 9.37. The van der Waals surface area contributed by atoms with E-state index in [2.05, 4.69) is 0 Å². The van der Waals surface area contributed by atoms with Gasteiger partial charge in [0, 0.05) is 0 Å². The lowest BCUT2D eigenvalue weighted by Crippen LogP contribution is -2.71. The number of carbonyl (C=O) groups is 1. The Morgan fingerprint density at radius 2 is 2.06 bits per heavy atom. The van der Waals surface area contributed by atoms with Crippen LogP contribution in [0.3, 0.4) is 0 Å². The minimum atomic E-state index is -0.945. The molecule has 90 valence electrons. The molecular formula is C12H19NO3. The molecule has 0 aliphatic heterocycles. The molecule has 3 aliphatic carbocycles. The first-order chi connectivity index (χ1) is 7.36. The molecular weight excluding hydrogens is 206 g/mol. The van der Waals surface area contributed by atoms with E-state index in [1.807, 2.05) is 6.92 Å². The monoisotopic (exact) mass is 225 g/mol. The maximum absolute atomic E-state index is 11.0. The maximum Gasteiger partial charge on any atom is 0.321 e. The number of carboxylic acids is 1. The van der Waals surface area contributed by atoms with Crippen LogP contribution in [0.5, 0.6) is 0 Å². The molecule has 3 rings (SSSR count). The van der Waals surface area contributed by atoms with Gasteiger partial charge < -0.3 is 15.9 Å². The zero-order valence-electron chi connectivity index (χ0n) is 9.52. The average molecular weight is 225 g/mol. The number of aliphatic carboxylic acids is 1. The van der Waals surface area contributed by atoms with Gasteiger partial charge in [-0.25, -0.2) is 0 Å². The maximum atomic E-state index is 11.0. The van der Waals surface area contributed by atoms with Gasteiger partial charge >= 0.3 is 5.97 Å². The van der Waals surface area contributed by atoms with Crippen LogP contribution in [0, 0.1) is 23.2 Å². The van der Waals surface area contributed by atoms with E-state index in [9.17, 15) is 9.90 Å². The highest BCUT2D eigenvalue weighted by Crippen LogP contribution is 2.69. The molecule has 0 aromatic rings. The van der Waals surface area contributed by atoms with Gasteiger partial charge in [0.2, 0.25) is 0 Å². The van der Waals surface area contributed by atoms with Crippen LogP contribution in [0.2, 0.25) is 0 Å².